The average Bonchev–Trinajstić information content (AvgIpc) is 3.56. The molecule has 4 aliphatic carbocycles. The fourth-order valence-corrected chi connectivity index (χ4v) is 6.03. The number of anilines is 2. The van der Waals surface area contributed by atoms with Gasteiger partial charge in [-0.15, -0.1) is 0 Å². The van der Waals surface area contributed by atoms with Gasteiger partial charge in [-0.3, -0.25) is 19.3 Å². The van der Waals surface area contributed by atoms with Crippen LogP contribution in [-0.2, 0) is 19.1 Å². The summed E-state index contributed by atoms with van der Waals surface area (Å²) in [6.07, 6.45) is 7.09. The maximum Gasteiger partial charge on any atom is 0.244 e. The lowest BCUT2D eigenvalue weighted by molar-refractivity contribution is -0.142. The lowest BCUT2D eigenvalue weighted by Crippen LogP contribution is -2.40. The van der Waals surface area contributed by atoms with Crippen molar-refractivity contribution in [3.8, 4) is 0 Å². The Morgan fingerprint density at radius 2 is 1.77 bits per heavy atom. The predicted octanol–water partition coefficient (Wildman–Crippen LogP) is 0.910. The number of rotatable bonds is 4. The van der Waals surface area contributed by atoms with E-state index in [-0.39, 0.29) is 47.9 Å². The molecule has 4 fully saturated rings. The molecule has 6 atom stereocenters. The van der Waals surface area contributed by atoms with E-state index in [9.17, 15) is 14.4 Å². The van der Waals surface area contributed by atoms with Crippen LogP contribution < -0.4 is 10.2 Å². The SMILES string of the molecule is O=C(CN1C(=O)[C@@H]2[C@@H]3C=C[C@H]([C@H]4C[C@H]34)[C@@H]2C1=O)Nc1cccnc1N1CCOCC1. The van der Waals surface area contributed by atoms with E-state index in [1.165, 1.54) is 4.90 Å². The average molecular weight is 408 g/mol. The van der Waals surface area contributed by atoms with Crippen molar-refractivity contribution < 1.29 is 19.1 Å². The molecule has 6 aliphatic rings. The van der Waals surface area contributed by atoms with E-state index in [0.29, 0.717) is 49.6 Å². The van der Waals surface area contributed by atoms with Gasteiger partial charge in [-0.1, -0.05) is 12.2 Å². The molecule has 156 valence electrons. The van der Waals surface area contributed by atoms with Gasteiger partial charge in [0, 0.05) is 19.3 Å². The van der Waals surface area contributed by atoms with Crippen molar-refractivity contribution in [2.75, 3.05) is 43.1 Å². The second-order valence-electron chi connectivity index (χ2n) is 8.94. The molecule has 2 bridgehead atoms. The van der Waals surface area contributed by atoms with E-state index < -0.39 is 0 Å². The number of likely N-dealkylation sites (tertiary alicyclic amines) is 1. The Hall–Kier alpha value is -2.74. The van der Waals surface area contributed by atoms with Crippen molar-refractivity contribution in [2.24, 2.45) is 35.5 Å². The van der Waals surface area contributed by atoms with Gasteiger partial charge in [0.2, 0.25) is 17.7 Å². The van der Waals surface area contributed by atoms with Crippen LogP contribution >= 0.6 is 0 Å². The summed E-state index contributed by atoms with van der Waals surface area (Å²) in [5.74, 6) is 0.858. The minimum Gasteiger partial charge on any atom is -0.378 e. The van der Waals surface area contributed by atoms with Gasteiger partial charge in [0.15, 0.2) is 5.82 Å². The quantitative estimate of drug-likeness (QED) is 0.588. The number of carbonyl (C=O) groups excluding carboxylic acids is 3. The van der Waals surface area contributed by atoms with E-state index in [1.54, 1.807) is 18.3 Å². The third-order valence-corrected chi connectivity index (χ3v) is 7.43. The van der Waals surface area contributed by atoms with Crippen LogP contribution in [0.5, 0.6) is 0 Å². The van der Waals surface area contributed by atoms with Crippen LogP contribution in [0.1, 0.15) is 6.42 Å². The molecule has 2 saturated heterocycles. The van der Waals surface area contributed by atoms with Crippen LogP contribution in [0, 0.1) is 35.5 Å². The largest absolute Gasteiger partial charge is 0.378 e. The van der Waals surface area contributed by atoms with Crippen LogP contribution in [0.15, 0.2) is 30.5 Å². The smallest absolute Gasteiger partial charge is 0.244 e. The summed E-state index contributed by atoms with van der Waals surface area (Å²) in [5.41, 5.74) is 0.587. The third kappa shape index (κ3) is 2.62. The number of allylic oxidation sites excluding steroid dienone is 2. The van der Waals surface area contributed by atoms with Gasteiger partial charge in [-0.2, -0.15) is 0 Å². The molecule has 7 rings (SSSR count). The zero-order valence-electron chi connectivity index (χ0n) is 16.6. The number of pyridine rings is 1. The first-order valence-electron chi connectivity index (χ1n) is 10.7. The zero-order valence-corrected chi connectivity index (χ0v) is 16.6. The van der Waals surface area contributed by atoms with Gasteiger partial charge >= 0.3 is 0 Å². The Kier molecular flexibility index (Phi) is 3.99. The molecule has 0 unspecified atom stereocenters. The Morgan fingerprint density at radius 3 is 2.43 bits per heavy atom. The summed E-state index contributed by atoms with van der Waals surface area (Å²) in [6.45, 7) is 2.38. The Labute approximate surface area is 174 Å². The Balaban J connectivity index is 1.18. The maximum absolute atomic E-state index is 13.1. The van der Waals surface area contributed by atoms with Crippen molar-refractivity contribution in [2.45, 2.75) is 6.42 Å². The van der Waals surface area contributed by atoms with E-state index in [4.69, 9.17) is 4.74 Å². The first-order chi connectivity index (χ1) is 14.6. The lowest BCUT2D eigenvalue weighted by atomic mass is 9.63. The highest BCUT2D eigenvalue weighted by Gasteiger charge is 2.67. The van der Waals surface area contributed by atoms with Gasteiger partial charge < -0.3 is 15.0 Å². The van der Waals surface area contributed by atoms with Gasteiger partial charge in [0.25, 0.3) is 0 Å². The number of ether oxygens (including phenoxy) is 1. The van der Waals surface area contributed by atoms with Crippen molar-refractivity contribution in [3.05, 3.63) is 30.5 Å². The highest BCUT2D eigenvalue weighted by Crippen LogP contribution is 2.65. The van der Waals surface area contributed by atoms with Crippen LogP contribution in [-0.4, -0.2) is 60.5 Å². The molecule has 0 aromatic carbocycles. The maximum atomic E-state index is 13.1. The number of amides is 3. The second kappa shape index (κ2) is 6.63. The summed E-state index contributed by atoms with van der Waals surface area (Å²) < 4.78 is 5.39. The molecule has 2 aliphatic heterocycles. The minimum atomic E-state index is -0.372. The number of morpholine rings is 1. The number of carbonyl (C=O) groups is 3. The van der Waals surface area contributed by atoms with Crippen LogP contribution in [0.2, 0.25) is 0 Å². The molecule has 8 nitrogen and oxygen atoms in total. The zero-order chi connectivity index (χ0) is 20.4. The molecule has 8 heteroatoms. The first kappa shape index (κ1) is 18.1. The molecule has 2 saturated carbocycles. The number of nitrogens with zero attached hydrogens (tertiary/aromatic N) is 3. The molecule has 0 spiro atoms. The highest BCUT2D eigenvalue weighted by atomic mass is 16.5. The summed E-state index contributed by atoms with van der Waals surface area (Å²) in [7, 11) is 0. The molecule has 30 heavy (non-hydrogen) atoms. The van der Waals surface area contributed by atoms with Crippen LogP contribution in [0.25, 0.3) is 0 Å². The van der Waals surface area contributed by atoms with Crippen molar-refractivity contribution in [1.29, 1.82) is 0 Å². The van der Waals surface area contributed by atoms with E-state index in [1.807, 2.05) is 0 Å². The molecule has 3 heterocycles. The first-order valence-corrected chi connectivity index (χ1v) is 10.7. The van der Waals surface area contributed by atoms with E-state index in [0.717, 1.165) is 6.42 Å². The summed E-state index contributed by atoms with van der Waals surface area (Å²) >= 11 is 0. The van der Waals surface area contributed by atoms with Gasteiger partial charge in [-0.05, 0) is 42.2 Å². The van der Waals surface area contributed by atoms with Gasteiger partial charge in [0.1, 0.15) is 6.54 Å². The highest BCUT2D eigenvalue weighted by molar-refractivity contribution is 6.09. The predicted molar refractivity (Wildman–Crippen MR) is 107 cm³/mol. The van der Waals surface area contributed by atoms with Crippen LogP contribution in [0.4, 0.5) is 11.5 Å². The Bertz CT molecular complexity index is 920. The van der Waals surface area contributed by atoms with Crippen molar-refractivity contribution in [1.82, 2.24) is 9.88 Å². The minimum absolute atomic E-state index is 0.167. The van der Waals surface area contributed by atoms with Crippen molar-refractivity contribution >= 4 is 29.2 Å². The van der Waals surface area contributed by atoms with Gasteiger partial charge in [0.05, 0.1) is 30.7 Å². The number of hydrogen-bond acceptors (Lipinski definition) is 6. The van der Waals surface area contributed by atoms with Gasteiger partial charge in [-0.25, -0.2) is 4.98 Å². The third-order valence-electron chi connectivity index (χ3n) is 7.43. The number of imide groups is 1. The number of hydrogen-bond donors (Lipinski definition) is 1. The lowest BCUT2D eigenvalue weighted by Gasteiger charge is -2.37. The molecule has 0 radical (unpaired) electrons. The molecule has 1 aromatic heterocycles. The van der Waals surface area contributed by atoms with E-state index in [2.05, 4.69) is 27.4 Å². The number of nitrogens with one attached hydrogen (secondary N) is 1. The van der Waals surface area contributed by atoms with Crippen LogP contribution in [0.3, 0.4) is 0 Å². The number of aromatic nitrogens is 1. The summed E-state index contributed by atoms with van der Waals surface area (Å²) in [5, 5.41) is 2.87. The molecule has 1 aromatic rings. The standard InChI is InChI=1S/C22H24N4O4/c27-17(24-16-2-1-5-23-20(16)25-6-8-30-9-7-25)11-26-21(28)18-12-3-4-13(15-10-14(12)15)19(18)22(26)29/h1-5,12-15,18-19H,6-11H2,(H,24,27)/t12-,13-,14-,15-,18-,19+/m1/s1. The molecule has 3 amide bonds. The summed E-state index contributed by atoms with van der Waals surface area (Å²) in [4.78, 5) is 46.6. The second-order valence-corrected chi connectivity index (χ2v) is 8.94. The monoisotopic (exact) mass is 408 g/mol. The molecule has 1 N–H and O–H groups in total. The Morgan fingerprint density at radius 1 is 1.10 bits per heavy atom. The molecular weight excluding hydrogens is 384 g/mol. The van der Waals surface area contributed by atoms with E-state index >= 15 is 0 Å². The topological polar surface area (TPSA) is 91.8 Å². The summed E-state index contributed by atoms with van der Waals surface area (Å²) in [6, 6.07) is 3.55. The normalized spacial score (nSPS) is 36.0. The molecular formula is C22H24N4O4. The fraction of sp³-hybridized carbons (Fsp3) is 0.545. The van der Waals surface area contributed by atoms with Crippen molar-refractivity contribution in [3.63, 3.8) is 0 Å². The fourth-order valence-electron chi connectivity index (χ4n) is 6.03.